The van der Waals surface area contributed by atoms with E-state index in [1.165, 1.54) is 5.56 Å². The Labute approximate surface area is 109 Å². The summed E-state index contributed by atoms with van der Waals surface area (Å²) in [5.74, 6) is 1.63. The molecule has 0 radical (unpaired) electrons. The van der Waals surface area contributed by atoms with Gasteiger partial charge in [-0.2, -0.15) is 0 Å². The lowest BCUT2D eigenvalue weighted by Gasteiger charge is -2.06. The highest BCUT2D eigenvalue weighted by atomic mass is 79.9. The molecule has 2 aromatic rings. The summed E-state index contributed by atoms with van der Waals surface area (Å²) < 4.78 is 0.812. The first-order chi connectivity index (χ1) is 8.24. The maximum atomic E-state index is 4.31. The highest BCUT2D eigenvalue weighted by Gasteiger charge is 1.99. The standard InChI is InChI=1S/C13H14BrN3/c1-10-16-12(14)9-13(17-10)15-8-7-11-5-3-2-4-6-11/h2-6,9H,7-8H2,1H3,(H,15,16,17). The van der Waals surface area contributed by atoms with Gasteiger partial charge in [-0.1, -0.05) is 30.3 Å². The van der Waals surface area contributed by atoms with E-state index in [-0.39, 0.29) is 0 Å². The lowest BCUT2D eigenvalue weighted by atomic mass is 10.1. The van der Waals surface area contributed by atoms with Gasteiger partial charge in [-0.3, -0.25) is 0 Å². The van der Waals surface area contributed by atoms with Crippen molar-refractivity contribution in [2.75, 3.05) is 11.9 Å². The first-order valence-electron chi connectivity index (χ1n) is 5.53. The topological polar surface area (TPSA) is 37.8 Å². The molecule has 1 N–H and O–H groups in total. The summed E-state index contributed by atoms with van der Waals surface area (Å²) in [6, 6.07) is 12.3. The van der Waals surface area contributed by atoms with E-state index in [0.717, 1.165) is 29.2 Å². The predicted octanol–water partition coefficient (Wildman–Crippen LogP) is 3.20. The number of hydrogen-bond donors (Lipinski definition) is 1. The fourth-order valence-electron chi connectivity index (χ4n) is 1.60. The van der Waals surface area contributed by atoms with Crippen LogP contribution in [-0.4, -0.2) is 16.5 Å². The van der Waals surface area contributed by atoms with Gasteiger partial charge >= 0.3 is 0 Å². The minimum atomic E-state index is 0.765. The van der Waals surface area contributed by atoms with Crippen LogP contribution in [0.5, 0.6) is 0 Å². The molecule has 0 amide bonds. The molecule has 2 rings (SSSR count). The molecular weight excluding hydrogens is 278 g/mol. The molecule has 17 heavy (non-hydrogen) atoms. The molecule has 0 aliphatic carbocycles. The van der Waals surface area contributed by atoms with Crippen LogP contribution in [0, 0.1) is 6.92 Å². The molecule has 88 valence electrons. The zero-order valence-electron chi connectivity index (χ0n) is 9.65. The molecule has 0 aliphatic rings. The average molecular weight is 292 g/mol. The van der Waals surface area contributed by atoms with Crippen molar-refractivity contribution >= 4 is 21.7 Å². The summed E-state index contributed by atoms with van der Waals surface area (Å²) in [7, 11) is 0. The monoisotopic (exact) mass is 291 g/mol. The quantitative estimate of drug-likeness (QED) is 0.879. The van der Waals surface area contributed by atoms with Crippen molar-refractivity contribution in [3.8, 4) is 0 Å². The maximum absolute atomic E-state index is 4.31. The second-order valence-corrected chi connectivity index (χ2v) is 4.60. The Morgan fingerprint density at radius 2 is 1.94 bits per heavy atom. The minimum absolute atomic E-state index is 0.765. The van der Waals surface area contributed by atoms with Gasteiger partial charge in [-0.15, -0.1) is 0 Å². The summed E-state index contributed by atoms with van der Waals surface area (Å²) in [5, 5.41) is 3.29. The van der Waals surface area contributed by atoms with E-state index >= 15 is 0 Å². The Bertz CT molecular complexity index is 465. The predicted molar refractivity (Wildman–Crippen MR) is 73.1 cm³/mol. The van der Waals surface area contributed by atoms with Gasteiger partial charge in [0, 0.05) is 12.6 Å². The molecule has 1 aromatic carbocycles. The second-order valence-electron chi connectivity index (χ2n) is 3.79. The number of anilines is 1. The third-order valence-corrected chi connectivity index (χ3v) is 2.78. The van der Waals surface area contributed by atoms with Gasteiger partial charge in [0.25, 0.3) is 0 Å². The van der Waals surface area contributed by atoms with Crippen LogP contribution in [0.25, 0.3) is 0 Å². The van der Waals surface area contributed by atoms with Crippen molar-refractivity contribution in [3.05, 3.63) is 52.4 Å². The molecule has 0 bridgehead atoms. The number of nitrogens with one attached hydrogen (secondary N) is 1. The first kappa shape index (κ1) is 12.0. The summed E-state index contributed by atoms with van der Waals surface area (Å²) in [6.07, 6.45) is 0.988. The Hall–Kier alpha value is -1.42. The third-order valence-electron chi connectivity index (χ3n) is 2.37. The van der Waals surface area contributed by atoms with E-state index in [0.29, 0.717) is 0 Å². The SMILES string of the molecule is Cc1nc(Br)cc(NCCc2ccccc2)n1. The van der Waals surface area contributed by atoms with Crippen LogP contribution in [0.2, 0.25) is 0 Å². The van der Waals surface area contributed by atoms with Crippen molar-refractivity contribution in [2.45, 2.75) is 13.3 Å². The molecule has 0 saturated heterocycles. The fourth-order valence-corrected chi connectivity index (χ4v) is 2.07. The highest BCUT2D eigenvalue weighted by Crippen LogP contribution is 2.11. The summed E-state index contributed by atoms with van der Waals surface area (Å²) in [5.41, 5.74) is 1.32. The van der Waals surface area contributed by atoms with Crippen LogP contribution in [-0.2, 0) is 6.42 Å². The van der Waals surface area contributed by atoms with Gasteiger partial charge in [-0.05, 0) is 34.8 Å². The summed E-state index contributed by atoms with van der Waals surface area (Å²) in [4.78, 5) is 8.48. The highest BCUT2D eigenvalue weighted by molar-refractivity contribution is 9.10. The molecule has 1 aromatic heterocycles. The maximum Gasteiger partial charge on any atom is 0.130 e. The van der Waals surface area contributed by atoms with Crippen LogP contribution >= 0.6 is 15.9 Å². The smallest absolute Gasteiger partial charge is 0.130 e. The number of aromatic nitrogens is 2. The van der Waals surface area contributed by atoms with Crippen molar-refractivity contribution in [1.29, 1.82) is 0 Å². The van der Waals surface area contributed by atoms with E-state index in [1.54, 1.807) is 0 Å². The summed E-state index contributed by atoms with van der Waals surface area (Å²) in [6.45, 7) is 2.75. The van der Waals surface area contributed by atoms with E-state index < -0.39 is 0 Å². The number of aryl methyl sites for hydroxylation is 1. The normalized spacial score (nSPS) is 10.2. The van der Waals surface area contributed by atoms with Gasteiger partial charge in [0.15, 0.2) is 0 Å². The molecule has 3 nitrogen and oxygen atoms in total. The molecular formula is C13H14BrN3. The fraction of sp³-hybridized carbons (Fsp3) is 0.231. The molecule has 1 heterocycles. The lowest BCUT2D eigenvalue weighted by molar-refractivity contribution is 0.974. The molecule has 0 atom stereocenters. The van der Waals surface area contributed by atoms with Gasteiger partial charge < -0.3 is 5.32 Å². The van der Waals surface area contributed by atoms with Crippen molar-refractivity contribution in [2.24, 2.45) is 0 Å². The van der Waals surface area contributed by atoms with Crippen LogP contribution in [0.15, 0.2) is 41.0 Å². The molecule has 4 heteroatoms. The largest absolute Gasteiger partial charge is 0.370 e. The number of rotatable bonds is 4. The van der Waals surface area contributed by atoms with Crippen LogP contribution < -0.4 is 5.32 Å². The Morgan fingerprint density at radius 1 is 1.18 bits per heavy atom. The molecule has 0 spiro atoms. The Balaban J connectivity index is 1.90. The van der Waals surface area contributed by atoms with Crippen LogP contribution in [0.4, 0.5) is 5.82 Å². The van der Waals surface area contributed by atoms with E-state index in [1.807, 2.05) is 19.1 Å². The number of hydrogen-bond acceptors (Lipinski definition) is 3. The summed E-state index contributed by atoms with van der Waals surface area (Å²) >= 11 is 3.36. The number of benzene rings is 1. The van der Waals surface area contributed by atoms with Gasteiger partial charge in [0.1, 0.15) is 16.2 Å². The van der Waals surface area contributed by atoms with Gasteiger partial charge in [0.2, 0.25) is 0 Å². The second kappa shape index (κ2) is 5.77. The minimum Gasteiger partial charge on any atom is -0.370 e. The van der Waals surface area contributed by atoms with E-state index in [4.69, 9.17) is 0 Å². The van der Waals surface area contributed by atoms with Crippen LogP contribution in [0.3, 0.4) is 0 Å². The van der Waals surface area contributed by atoms with E-state index in [2.05, 4.69) is 55.5 Å². The van der Waals surface area contributed by atoms with Gasteiger partial charge in [-0.25, -0.2) is 9.97 Å². The van der Waals surface area contributed by atoms with Crippen molar-refractivity contribution in [1.82, 2.24) is 9.97 Å². The Morgan fingerprint density at radius 3 is 2.65 bits per heavy atom. The number of nitrogens with zero attached hydrogens (tertiary/aromatic N) is 2. The van der Waals surface area contributed by atoms with Crippen molar-refractivity contribution in [3.63, 3.8) is 0 Å². The van der Waals surface area contributed by atoms with E-state index in [9.17, 15) is 0 Å². The third kappa shape index (κ3) is 3.82. The lowest BCUT2D eigenvalue weighted by Crippen LogP contribution is -2.07. The zero-order chi connectivity index (χ0) is 12.1. The molecule has 0 unspecified atom stereocenters. The molecule has 0 fully saturated rings. The van der Waals surface area contributed by atoms with Crippen molar-refractivity contribution < 1.29 is 0 Å². The first-order valence-corrected chi connectivity index (χ1v) is 6.32. The zero-order valence-corrected chi connectivity index (χ0v) is 11.2. The molecule has 0 aliphatic heterocycles. The van der Waals surface area contributed by atoms with Crippen LogP contribution in [0.1, 0.15) is 11.4 Å². The van der Waals surface area contributed by atoms with Gasteiger partial charge in [0.05, 0.1) is 0 Å². The Kier molecular flexibility index (Phi) is 4.09. The number of halogens is 1. The average Bonchev–Trinajstić information content (AvgIpc) is 2.29. The molecule has 0 saturated carbocycles.